The van der Waals surface area contributed by atoms with Gasteiger partial charge in [-0.3, -0.25) is 0 Å². The highest BCUT2D eigenvalue weighted by molar-refractivity contribution is 6.81. The average molecular weight is 205 g/mol. The van der Waals surface area contributed by atoms with Gasteiger partial charge in [0.25, 0.3) is 0 Å². The first-order valence-corrected chi connectivity index (χ1v) is 6.13. The van der Waals surface area contributed by atoms with Crippen LogP contribution in [0.25, 0.3) is 0 Å². The lowest BCUT2D eigenvalue weighted by atomic mass is 9.22. The molecule has 2 aliphatic carbocycles. The monoisotopic (exact) mass is 205 g/mol. The Morgan fingerprint density at radius 2 is 2.06 bits per heavy atom. The molecule has 3 rings (SSSR count). The number of fused-ring (bicyclic) bond motifs is 2. The molecule has 2 atom stereocenters. The Labute approximate surface area is 98.8 Å². The van der Waals surface area contributed by atoms with Gasteiger partial charge in [0.05, 0.1) is 0 Å². The van der Waals surface area contributed by atoms with Crippen LogP contribution in [0.15, 0.2) is 60.0 Å². The van der Waals surface area contributed by atoms with Gasteiger partial charge in [0.2, 0.25) is 6.71 Å². The van der Waals surface area contributed by atoms with Crippen LogP contribution in [-0.2, 0) is 0 Å². The molecule has 16 heavy (non-hydrogen) atoms. The molecule has 0 nitrogen and oxygen atoms in total. The van der Waals surface area contributed by atoms with Gasteiger partial charge in [0, 0.05) is 0 Å². The minimum atomic E-state index is 0.503. The largest absolute Gasteiger partial charge is 0.206 e. The van der Waals surface area contributed by atoms with Crippen molar-refractivity contribution in [2.75, 3.05) is 0 Å². The SMILES string of the molecule is C=CB1C2=CCCC=C2[B]C2C=CC=CC12. The topological polar surface area (TPSA) is 0 Å². The van der Waals surface area contributed by atoms with E-state index < -0.39 is 0 Å². The molecule has 0 aromatic rings. The number of rotatable bonds is 1. The highest BCUT2D eigenvalue weighted by Gasteiger charge is 2.38. The van der Waals surface area contributed by atoms with Crippen molar-refractivity contribution in [3.05, 3.63) is 60.0 Å². The van der Waals surface area contributed by atoms with Crippen LogP contribution in [0, 0.1) is 0 Å². The van der Waals surface area contributed by atoms with Crippen molar-refractivity contribution in [3.8, 4) is 0 Å². The molecule has 1 saturated heterocycles. The fraction of sp³-hybridized carbons (Fsp3) is 0.286. The minimum absolute atomic E-state index is 0.503. The van der Waals surface area contributed by atoms with E-state index in [1.54, 1.807) is 0 Å². The molecule has 0 amide bonds. The maximum absolute atomic E-state index is 4.03. The summed E-state index contributed by atoms with van der Waals surface area (Å²) >= 11 is 0. The second-order valence-electron chi connectivity index (χ2n) is 4.75. The van der Waals surface area contributed by atoms with E-state index in [-0.39, 0.29) is 0 Å². The van der Waals surface area contributed by atoms with Crippen molar-refractivity contribution in [2.45, 2.75) is 24.5 Å². The van der Waals surface area contributed by atoms with Gasteiger partial charge >= 0.3 is 0 Å². The number of allylic oxidation sites excluding steroid dienone is 8. The van der Waals surface area contributed by atoms with Crippen LogP contribution in [-0.4, -0.2) is 14.0 Å². The quantitative estimate of drug-likeness (QED) is 0.575. The van der Waals surface area contributed by atoms with Gasteiger partial charge in [-0.25, -0.2) is 0 Å². The molecule has 1 radical (unpaired) electrons. The van der Waals surface area contributed by atoms with Gasteiger partial charge < -0.3 is 0 Å². The Hall–Kier alpha value is -1.17. The lowest BCUT2D eigenvalue weighted by Gasteiger charge is -2.37. The lowest BCUT2D eigenvalue weighted by Crippen LogP contribution is -2.35. The summed E-state index contributed by atoms with van der Waals surface area (Å²) in [6.07, 6.45) is 16.1. The molecule has 1 aliphatic heterocycles. The highest BCUT2D eigenvalue weighted by Crippen LogP contribution is 2.44. The predicted octanol–water partition coefficient (Wildman–Crippen LogP) is 3.35. The summed E-state index contributed by atoms with van der Waals surface area (Å²) in [4.78, 5) is 0. The summed E-state index contributed by atoms with van der Waals surface area (Å²) in [6.45, 7) is 4.53. The summed E-state index contributed by atoms with van der Waals surface area (Å²) < 4.78 is 0. The normalized spacial score (nSPS) is 30.9. The average Bonchev–Trinajstić information content (AvgIpc) is 2.36. The Kier molecular flexibility index (Phi) is 2.51. The van der Waals surface area contributed by atoms with Crippen molar-refractivity contribution >= 4 is 14.0 Å². The summed E-state index contributed by atoms with van der Waals surface area (Å²) in [5.41, 5.74) is 2.96. The highest BCUT2D eigenvalue weighted by atomic mass is 14.2. The number of hydrogen-bond acceptors (Lipinski definition) is 0. The molecule has 0 aromatic carbocycles. The van der Waals surface area contributed by atoms with Crippen LogP contribution in [0.5, 0.6) is 0 Å². The first kappa shape index (κ1) is 10.0. The predicted molar refractivity (Wildman–Crippen MR) is 72.9 cm³/mol. The molecule has 77 valence electrons. The van der Waals surface area contributed by atoms with Crippen LogP contribution in [0.2, 0.25) is 11.6 Å². The smallest absolute Gasteiger partial charge is 0.117 e. The first-order valence-electron chi connectivity index (χ1n) is 6.13. The maximum Gasteiger partial charge on any atom is 0.206 e. The van der Waals surface area contributed by atoms with Crippen molar-refractivity contribution < 1.29 is 0 Å². The Balaban J connectivity index is 2.01. The van der Waals surface area contributed by atoms with Crippen molar-refractivity contribution in [2.24, 2.45) is 0 Å². The third-order valence-corrected chi connectivity index (χ3v) is 3.85. The third-order valence-electron chi connectivity index (χ3n) is 3.85. The second kappa shape index (κ2) is 4.01. The van der Waals surface area contributed by atoms with Gasteiger partial charge in [0.15, 0.2) is 7.28 Å². The summed E-state index contributed by atoms with van der Waals surface area (Å²) in [5.74, 6) is 3.28. The maximum atomic E-state index is 4.03. The Morgan fingerprint density at radius 3 is 2.94 bits per heavy atom. The first-order chi connectivity index (χ1) is 7.90. The molecule has 3 aliphatic rings. The van der Waals surface area contributed by atoms with E-state index in [0.29, 0.717) is 18.3 Å². The van der Waals surface area contributed by atoms with E-state index in [1.165, 1.54) is 23.8 Å². The van der Waals surface area contributed by atoms with Gasteiger partial charge in [0.1, 0.15) is 0 Å². The summed E-state index contributed by atoms with van der Waals surface area (Å²) in [5, 5.41) is 0. The van der Waals surface area contributed by atoms with Gasteiger partial charge in [-0.1, -0.05) is 47.4 Å². The van der Waals surface area contributed by atoms with E-state index >= 15 is 0 Å². The fourth-order valence-corrected chi connectivity index (χ4v) is 3.07. The minimum Gasteiger partial charge on any atom is -0.117 e. The van der Waals surface area contributed by atoms with Crippen molar-refractivity contribution in [1.29, 1.82) is 0 Å². The molecule has 1 heterocycles. The molecule has 1 fully saturated rings. The molecular formula is C14H15B2. The molecule has 0 spiro atoms. The van der Waals surface area contributed by atoms with Gasteiger partial charge in [-0.15, -0.1) is 12.6 Å². The van der Waals surface area contributed by atoms with Crippen LogP contribution < -0.4 is 0 Å². The van der Waals surface area contributed by atoms with Crippen molar-refractivity contribution in [1.82, 2.24) is 0 Å². The number of hydrogen-bond donors (Lipinski definition) is 0. The fourth-order valence-electron chi connectivity index (χ4n) is 3.07. The van der Waals surface area contributed by atoms with Crippen LogP contribution in [0.3, 0.4) is 0 Å². The lowest BCUT2D eigenvalue weighted by molar-refractivity contribution is 0.956. The molecule has 0 N–H and O–H groups in total. The van der Waals surface area contributed by atoms with Crippen molar-refractivity contribution in [3.63, 3.8) is 0 Å². The van der Waals surface area contributed by atoms with Gasteiger partial charge in [-0.2, -0.15) is 0 Å². The van der Waals surface area contributed by atoms with E-state index in [2.05, 4.69) is 56.3 Å². The molecular weight excluding hydrogens is 190 g/mol. The van der Waals surface area contributed by atoms with Crippen LogP contribution in [0.1, 0.15) is 12.8 Å². The van der Waals surface area contributed by atoms with E-state index in [9.17, 15) is 0 Å². The Morgan fingerprint density at radius 1 is 1.25 bits per heavy atom. The second-order valence-corrected chi connectivity index (χ2v) is 4.75. The zero-order chi connectivity index (χ0) is 11.0. The zero-order valence-corrected chi connectivity index (χ0v) is 9.47. The van der Waals surface area contributed by atoms with E-state index in [1.807, 2.05) is 0 Å². The summed E-state index contributed by atoms with van der Waals surface area (Å²) in [7, 11) is 2.43. The molecule has 0 bridgehead atoms. The third kappa shape index (κ3) is 1.48. The molecule has 2 unspecified atom stereocenters. The Bertz CT molecular complexity index is 426. The van der Waals surface area contributed by atoms with Crippen LogP contribution in [0.4, 0.5) is 0 Å². The summed E-state index contributed by atoms with van der Waals surface area (Å²) in [6, 6.07) is 0. The standard InChI is InChI=1S/C14H15B2/c1-2-16-13-9-5-3-7-11(13)15-12-8-4-6-10-14(12)16/h2-3,5,7-11,13H,1,4,6H2. The van der Waals surface area contributed by atoms with Crippen LogP contribution >= 0.6 is 0 Å². The molecule has 2 heteroatoms. The van der Waals surface area contributed by atoms with E-state index in [4.69, 9.17) is 0 Å². The zero-order valence-electron chi connectivity index (χ0n) is 9.47. The van der Waals surface area contributed by atoms with Gasteiger partial charge in [-0.05, 0) is 24.5 Å². The van der Waals surface area contributed by atoms with E-state index in [0.717, 1.165) is 0 Å². The molecule has 0 saturated carbocycles. The molecule has 0 aromatic heterocycles.